The van der Waals surface area contributed by atoms with Gasteiger partial charge < -0.3 is 0 Å². The summed E-state index contributed by atoms with van der Waals surface area (Å²) < 4.78 is 0. The number of rotatable bonds is 14. The molecule has 0 N–H and O–H groups in total. The van der Waals surface area contributed by atoms with Crippen LogP contribution in [0.3, 0.4) is 0 Å². The zero-order valence-corrected chi connectivity index (χ0v) is 34.1. The first-order chi connectivity index (χ1) is 24.0. The maximum absolute atomic E-state index is 4.93. The Bertz CT molecular complexity index is 1660. The van der Waals surface area contributed by atoms with Crippen molar-refractivity contribution in [2.75, 3.05) is 0 Å². The molecular weight excluding hydrogens is 715 g/mol. The van der Waals surface area contributed by atoms with Crippen LogP contribution in [-0.2, 0) is 46.5 Å². The molecule has 0 aliphatic heterocycles. The molecule has 0 fully saturated rings. The Kier molecular flexibility index (Phi) is 17.4. The average molecular weight is 769 g/mol. The van der Waals surface area contributed by atoms with Crippen molar-refractivity contribution in [1.82, 2.24) is 0 Å². The van der Waals surface area contributed by atoms with Crippen molar-refractivity contribution < 1.29 is 20.8 Å². The third-order valence-electron chi connectivity index (χ3n) is 9.61. The molecule has 0 amide bonds. The Labute approximate surface area is 315 Å². The SMILES string of the molecule is CCCCCCc1ccc(-c2cccc3[cH-]c(CC)cc23)cc1.CCCCCCc1ccc(-c2cccc3[cH-]c(CC)cc23)cc1.[Cl][Zr+2][Cl]. The first-order valence-corrected chi connectivity index (χ1v) is 24.9. The monoisotopic (exact) mass is 766 g/mol. The fraction of sp³-hybridized carbons (Fsp3) is 0.348. The van der Waals surface area contributed by atoms with Gasteiger partial charge in [0.25, 0.3) is 0 Å². The van der Waals surface area contributed by atoms with E-state index in [0.717, 1.165) is 12.8 Å². The first kappa shape index (κ1) is 39.4. The van der Waals surface area contributed by atoms with Crippen molar-refractivity contribution in [3.63, 3.8) is 0 Å². The quantitative estimate of drug-likeness (QED) is 0.0765. The van der Waals surface area contributed by atoms with Gasteiger partial charge in [-0.05, 0) is 60.8 Å². The number of halogens is 2. The second-order valence-electron chi connectivity index (χ2n) is 13.1. The molecule has 0 aliphatic carbocycles. The molecular formula is C46H54Cl2Zr. The number of hydrogen-bond donors (Lipinski definition) is 0. The van der Waals surface area contributed by atoms with Gasteiger partial charge in [-0.3, -0.25) is 0 Å². The van der Waals surface area contributed by atoms with E-state index in [1.54, 1.807) is 0 Å². The van der Waals surface area contributed by atoms with Crippen LogP contribution in [0.5, 0.6) is 0 Å². The second-order valence-corrected chi connectivity index (χ2v) is 16.9. The van der Waals surface area contributed by atoms with Gasteiger partial charge in [-0.25, -0.2) is 0 Å². The third kappa shape index (κ3) is 11.8. The number of hydrogen-bond acceptors (Lipinski definition) is 0. The molecule has 0 heterocycles. The van der Waals surface area contributed by atoms with Crippen LogP contribution in [-0.4, -0.2) is 0 Å². The molecule has 6 aromatic rings. The minimum absolute atomic E-state index is 0.826. The number of unbranched alkanes of at least 4 members (excludes halogenated alkanes) is 6. The van der Waals surface area contributed by atoms with Gasteiger partial charge in [-0.1, -0.05) is 138 Å². The van der Waals surface area contributed by atoms with E-state index in [0.29, 0.717) is 0 Å². The summed E-state index contributed by atoms with van der Waals surface area (Å²) in [5.74, 6) is 0. The van der Waals surface area contributed by atoms with Crippen LogP contribution >= 0.6 is 17.0 Å². The van der Waals surface area contributed by atoms with Crippen molar-refractivity contribution in [2.24, 2.45) is 0 Å². The molecule has 6 aromatic carbocycles. The number of benzene rings is 4. The summed E-state index contributed by atoms with van der Waals surface area (Å²) in [5.41, 5.74) is 11.2. The van der Waals surface area contributed by atoms with E-state index in [4.69, 9.17) is 17.0 Å². The van der Waals surface area contributed by atoms with Gasteiger partial charge in [0.15, 0.2) is 0 Å². The van der Waals surface area contributed by atoms with Crippen molar-refractivity contribution in [2.45, 2.75) is 105 Å². The Morgan fingerprint density at radius 2 is 0.878 bits per heavy atom. The van der Waals surface area contributed by atoms with E-state index in [1.807, 2.05) is 0 Å². The third-order valence-corrected chi connectivity index (χ3v) is 9.61. The van der Waals surface area contributed by atoms with Crippen molar-refractivity contribution in [1.29, 1.82) is 0 Å². The van der Waals surface area contributed by atoms with Gasteiger partial charge in [0.2, 0.25) is 0 Å². The van der Waals surface area contributed by atoms with Gasteiger partial charge in [0, 0.05) is 0 Å². The van der Waals surface area contributed by atoms with Gasteiger partial charge in [-0.15, -0.1) is 69.1 Å². The number of aryl methyl sites for hydroxylation is 4. The fourth-order valence-electron chi connectivity index (χ4n) is 6.72. The van der Waals surface area contributed by atoms with Crippen molar-refractivity contribution in [3.8, 4) is 22.3 Å². The van der Waals surface area contributed by atoms with Crippen molar-refractivity contribution >= 4 is 38.6 Å². The molecule has 3 heteroatoms. The molecule has 0 radical (unpaired) electrons. The van der Waals surface area contributed by atoms with E-state index in [2.05, 4.69) is 137 Å². The second kappa shape index (κ2) is 21.7. The summed E-state index contributed by atoms with van der Waals surface area (Å²) >= 11 is -0.826. The molecule has 0 atom stereocenters. The maximum atomic E-state index is 4.93. The molecule has 0 saturated heterocycles. The van der Waals surface area contributed by atoms with Gasteiger partial charge in [-0.2, -0.15) is 12.1 Å². The molecule has 49 heavy (non-hydrogen) atoms. The van der Waals surface area contributed by atoms with Crippen LogP contribution in [0.1, 0.15) is 101 Å². The molecule has 256 valence electrons. The summed E-state index contributed by atoms with van der Waals surface area (Å²) in [5, 5.41) is 5.51. The summed E-state index contributed by atoms with van der Waals surface area (Å²) in [6, 6.07) is 41.0. The average Bonchev–Trinajstić information content (AvgIpc) is 3.78. The summed E-state index contributed by atoms with van der Waals surface area (Å²) in [4.78, 5) is 0. The number of fused-ring (bicyclic) bond motifs is 2. The van der Waals surface area contributed by atoms with Crippen LogP contribution in [0.15, 0.2) is 109 Å². The van der Waals surface area contributed by atoms with Gasteiger partial charge >= 0.3 is 37.9 Å². The van der Waals surface area contributed by atoms with Crippen molar-refractivity contribution in [3.05, 3.63) is 131 Å². The Hall–Kier alpha value is -2.44. The van der Waals surface area contributed by atoms with E-state index in [-0.39, 0.29) is 0 Å². The summed E-state index contributed by atoms with van der Waals surface area (Å²) in [7, 11) is 9.87. The Morgan fingerprint density at radius 3 is 1.22 bits per heavy atom. The van der Waals surface area contributed by atoms with E-state index < -0.39 is 20.8 Å². The topological polar surface area (TPSA) is 0 Å². The van der Waals surface area contributed by atoms with Crippen LogP contribution in [0.25, 0.3) is 43.8 Å². The van der Waals surface area contributed by atoms with Crippen LogP contribution in [0, 0.1) is 0 Å². The fourth-order valence-corrected chi connectivity index (χ4v) is 6.72. The van der Waals surface area contributed by atoms with E-state index >= 15 is 0 Å². The van der Waals surface area contributed by atoms with Crippen LogP contribution < -0.4 is 0 Å². The predicted molar refractivity (Wildman–Crippen MR) is 216 cm³/mol. The molecule has 0 spiro atoms. The normalized spacial score (nSPS) is 10.7. The molecule has 0 aliphatic rings. The standard InChI is InChI=1S/2C23H27.2ClH.Zr/c2*1-3-5-6-7-9-19-12-14-20(15-13-19)22-11-8-10-21-16-18(4-2)17-23(21)22;;;/h2*8,10-17H,3-7,9H2,1-2H3;2*1H;/q2*-1;;;+4/p-2. The Morgan fingerprint density at radius 1 is 0.490 bits per heavy atom. The van der Waals surface area contributed by atoms with E-state index in [1.165, 1.54) is 130 Å². The van der Waals surface area contributed by atoms with Crippen LogP contribution in [0.4, 0.5) is 0 Å². The Balaban J connectivity index is 0.000000205. The minimum atomic E-state index is -0.826. The molecule has 6 rings (SSSR count). The first-order valence-electron chi connectivity index (χ1n) is 18.6. The van der Waals surface area contributed by atoms with E-state index in [9.17, 15) is 0 Å². The summed E-state index contributed by atoms with van der Waals surface area (Å²) in [6.07, 6.45) is 15.3. The zero-order chi connectivity index (χ0) is 34.8. The van der Waals surface area contributed by atoms with Gasteiger partial charge in [0.05, 0.1) is 0 Å². The molecule has 0 aromatic heterocycles. The van der Waals surface area contributed by atoms with Crippen LogP contribution in [0.2, 0.25) is 0 Å². The summed E-state index contributed by atoms with van der Waals surface area (Å²) in [6.45, 7) is 8.98. The zero-order valence-electron chi connectivity index (χ0n) is 30.1. The van der Waals surface area contributed by atoms with Gasteiger partial charge in [0.1, 0.15) is 0 Å². The molecule has 0 saturated carbocycles. The molecule has 0 nitrogen and oxygen atoms in total. The predicted octanol–water partition coefficient (Wildman–Crippen LogP) is 15.2. The molecule has 0 unspecified atom stereocenters. The molecule has 0 bridgehead atoms.